The standard InChI is InChI=1S/C11H17N3O/c1-9-7-12-8-11(13-9)14(5-6-15)10-3-2-4-10/h7-8,10,15H,2-6H2,1H3. The number of aromatic nitrogens is 2. The monoisotopic (exact) mass is 207 g/mol. The summed E-state index contributed by atoms with van der Waals surface area (Å²) in [6.45, 7) is 2.77. The summed E-state index contributed by atoms with van der Waals surface area (Å²) in [5.74, 6) is 0.897. The highest BCUT2D eigenvalue weighted by Gasteiger charge is 2.25. The molecule has 1 aromatic heterocycles. The van der Waals surface area contributed by atoms with Gasteiger partial charge in [-0.05, 0) is 26.2 Å². The van der Waals surface area contributed by atoms with Crippen LogP contribution in [0.15, 0.2) is 12.4 Å². The predicted molar refractivity (Wildman–Crippen MR) is 58.8 cm³/mol. The Morgan fingerprint density at radius 3 is 2.80 bits per heavy atom. The molecule has 0 saturated heterocycles. The second kappa shape index (κ2) is 4.57. The molecule has 0 radical (unpaired) electrons. The first-order valence-electron chi connectivity index (χ1n) is 5.47. The van der Waals surface area contributed by atoms with Crippen LogP contribution in [-0.4, -0.2) is 34.3 Å². The third-order valence-corrected chi connectivity index (χ3v) is 2.89. The van der Waals surface area contributed by atoms with Gasteiger partial charge < -0.3 is 10.0 Å². The van der Waals surface area contributed by atoms with E-state index in [1.165, 1.54) is 19.3 Å². The number of hydrogen-bond acceptors (Lipinski definition) is 4. The van der Waals surface area contributed by atoms with Crippen molar-refractivity contribution >= 4 is 5.82 Å². The summed E-state index contributed by atoms with van der Waals surface area (Å²) in [6, 6.07) is 0.549. The zero-order valence-electron chi connectivity index (χ0n) is 9.06. The van der Waals surface area contributed by atoms with Gasteiger partial charge >= 0.3 is 0 Å². The van der Waals surface area contributed by atoms with Crippen LogP contribution in [0.3, 0.4) is 0 Å². The molecule has 0 atom stereocenters. The molecule has 4 nitrogen and oxygen atoms in total. The van der Waals surface area contributed by atoms with Crippen molar-refractivity contribution < 1.29 is 5.11 Å². The molecule has 1 saturated carbocycles. The van der Waals surface area contributed by atoms with E-state index >= 15 is 0 Å². The summed E-state index contributed by atoms with van der Waals surface area (Å²) in [5.41, 5.74) is 0.926. The first kappa shape index (κ1) is 10.4. The Morgan fingerprint density at radius 2 is 2.27 bits per heavy atom. The average Bonchev–Trinajstić information content (AvgIpc) is 2.14. The normalized spacial score (nSPS) is 16.1. The molecule has 0 amide bonds. The Hall–Kier alpha value is -1.16. The molecule has 1 aliphatic carbocycles. The fraction of sp³-hybridized carbons (Fsp3) is 0.636. The first-order chi connectivity index (χ1) is 7.31. The van der Waals surface area contributed by atoms with Gasteiger partial charge in [0.1, 0.15) is 5.82 Å². The third kappa shape index (κ3) is 2.26. The third-order valence-electron chi connectivity index (χ3n) is 2.89. The van der Waals surface area contributed by atoms with Crippen LogP contribution in [0.1, 0.15) is 25.0 Å². The van der Waals surface area contributed by atoms with Crippen molar-refractivity contribution in [3.05, 3.63) is 18.1 Å². The van der Waals surface area contributed by atoms with Gasteiger partial charge in [0.15, 0.2) is 0 Å². The van der Waals surface area contributed by atoms with Crippen molar-refractivity contribution in [2.45, 2.75) is 32.2 Å². The SMILES string of the molecule is Cc1cncc(N(CCO)C2CCC2)n1. The number of nitrogens with zero attached hydrogens (tertiary/aromatic N) is 3. The Labute approximate surface area is 90.0 Å². The molecule has 0 unspecified atom stereocenters. The van der Waals surface area contributed by atoms with Gasteiger partial charge in [-0.25, -0.2) is 4.98 Å². The molecular formula is C11H17N3O. The number of hydrogen-bond donors (Lipinski definition) is 1. The van der Waals surface area contributed by atoms with Gasteiger partial charge in [-0.15, -0.1) is 0 Å². The van der Waals surface area contributed by atoms with E-state index in [0.717, 1.165) is 11.5 Å². The highest BCUT2D eigenvalue weighted by atomic mass is 16.3. The van der Waals surface area contributed by atoms with Crippen LogP contribution in [0, 0.1) is 6.92 Å². The average molecular weight is 207 g/mol. The van der Waals surface area contributed by atoms with Gasteiger partial charge in [-0.3, -0.25) is 4.98 Å². The van der Waals surface area contributed by atoms with Crippen LogP contribution in [-0.2, 0) is 0 Å². The Morgan fingerprint density at radius 1 is 1.47 bits per heavy atom. The van der Waals surface area contributed by atoms with Gasteiger partial charge in [0.2, 0.25) is 0 Å². The van der Waals surface area contributed by atoms with E-state index in [-0.39, 0.29) is 6.61 Å². The highest BCUT2D eigenvalue weighted by molar-refractivity contribution is 5.38. The zero-order chi connectivity index (χ0) is 10.7. The Kier molecular flexibility index (Phi) is 3.16. The minimum absolute atomic E-state index is 0.173. The second-order valence-electron chi connectivity index (χ2n) is 4.02. The lowest BCUT2D eigenvalue weighted by Gasteiger charge is -2.37. The van der Waals surface area contributed by atoms with Gasteiger partial charge in [0.05, 0.1) is 18.5 Å². The predicted octanol–water partition coefficient (Wildman–Crippen LogP) is 1.14. The van der Waals surface area contributed by atoms with Crippen LogP contribution in [0.25, 0.3) is 0 Å². The van der Waals surface area contributed by atoms with Crippen LogP contribution in [0.2, 0.25) is 0 Å². The summed E-state index contributed by atoms with van der Waals surface area (Å²) in [4.78, 5) is 10.8. The summed E-state index contributed by atoms with van der Waals surface area (Å²) in [6.07, 6.45) is 7.22. The highest BCUT2D eigenvalue weighted by Crippen LogP contribution is 2.27. The number of aliphatic hydroxyl groups excluding tert-OH is 1. The lowest BCUT2D eigenvalue weighted by Crippen LogP contribution is -2.42. The molecule has 2 rings (SSSR count). The van der Waals surface area contributed by atoms with Crippen molar-refractivity contribution in [2.75, 3.05) is 18.1 Å². The number of aliphatic hydroxyl groups is 1. The van der Waals surface area contributed by atoms with E-state index in [9.17, 15) is 0 Å². The van der Waals surface area contributed by atoms with Crippen molar-refractivity contribution in [1.29, 1.82) is 0 Å². The van der Waals surface area contributed by atoms with Gasteiger partial charge in [-0.2, -0.15) is 0 Å². The number of anilines is 1. The largest absolute Gasteiger partial charge is 0.395 e. The summed E-state index contributed by atoms with van der Waals surface area (Å²) >= 11 is 0. The molecule has 0 bridgehead atoms. The van der Waals surface area contributed by atoms with Gasteiger partial charge in [0.25, 0.3) is 0 Å². The molecule has 1 aromatic rings. The van der Waals surface area contributed by atoms with E-state index in [2.05, 4.69) is 14.9 Å². The molecular weight excluding hydrogens is 190 g/mol. The number of rotatable bonds is 4. The second-order valence-corrected chi connectivity index (χ2v) is 4.02. The van der Waals surface area contributed by atoms with Crippen molar-refractivity contribution in [3.63, 3.8) is 0 Å². The topological polar surface area (TPSA) is 49.2 Å². The minimum Gasteiger partial charge on any atom is -0.395 e. The molecule has 82 valence electrons. The summed E-state index contributed by atoms with van der Waals surface area (Å²) < 4.78 is 0. The Balaban J connectivity index is 2.15. The maximum atomic E-state index is 9.05. The smallest absolute Gasteiger partial charge is 0.147 e. The number of aryl methyl sites for hydroxylation is 1. The molecule has 1 aliphatic rings. The van der Waals surface area contributed by atoms with Crippen LogP contribution in [0.4, 0.5) is 5.82 Å². The quantitative estimate of drug-likeness (QED) is 0.804. The molecule has 0 aromatic carbocycles. The van der Waals surface area contributed by atoms with Gasteiger partial charge in [0, 0.05) is 18.8 Å². The fourth-order valence-electron chi connectivity index (χ4n) is 1.88. The van der Waals surface area contributed by atoms with Gasteiger partial charge in [-0.1, -0.05) is 0 Å². The summed E-state index contributed by atoms with van der Waals surface area (Å²) in [5, 5.41) is 9.05. The lowest BCUT2D eigenvalue weighted by molar-refractivity contribution is 0.283. The maximum absolute atomic E-state index is 9.05. The van der Waals surface area contributed by atoms with Crippen molar-refractivity contribution in [3.8, 4) is 0 Å². The summed E-state index contributed by atoms with van der Waals surface area (Å²) in [7, 11) is 0. The lowest BCUT2D eigenvalue weighted by atomic mass is 9.91. The van der Waals surface area contributed by atoms with E-state index in [1.807, 2.05) is 6.92 Å². The molecule has 1 fully saturated rings. The van der Waals surface area contributed by atoms with E-state index < -0.39 is 0 Å². The fourth-order valence-corrected chi connectivity index (χ4v) is 1.88. The van der Waals surface area contributed by atoms with Crippen LogP contribution in [0.5, 0.6) is 0 Å². The molecule has 1 heterocycles. The van der Waals surface area contributed by atoms with E-state index in [0.29, 0.717) is 12.6 Å². The van der Waals surface area contributed by atoms with Crippen LogP contribution < -0.4 is 4.90 Å². The molecule has 4 heteroatoms. The van der Waals surface area contributed by atoms with Crippen molar-refractivity contribution in [1.82, 2.24) is 9.97 Å². The molecule has 0 spiro atoms. The van der Waals surface area contributed by atoms with E-state index in [1.54, 1.807) is 12.4 Å². The first-order valence-corrected chi connectivity index (χ1v) is 5.47. The minimum atomic E-state index is 0.173. The van der Waals surface area contributed by atoms with Crippen molar-refractivity contribution in [2.24, 2.45) is 0 Å². The molecule has 0 aliphatic heterocycles. The molecule has 15 heavy (non-hydrogen) atoms. The Bertz CT molecular complexity index is 325. The maximum Gasteiger partial charge on any atom is 0.147 e. The van der Waals surface area contributed by atoms with Crippen LogP contribution >= 0.6 is 0 Å². The molecule has 1 N–H and O–H groups in total. The zero-order valence-corrected chi connectivity index (χ0v) is 9.06. The van der Waals surface area contributed by atoms with E-state index in [4.69, 9.17) is 5.11 Å².